The smallest absolute Gasteiger partial charge is 0.0345 e. The van der Waals surface area contributed by atoms with E-state index in [-0.39, 0.29) is 5.54 Å². The number of hydrazine groups is 1. The summed E-state index contributed by atoms with van der Waals surface area (Å²) in [7, 11) is 0. The highest BCUT2D eigenvalue weighted by molar-refractivity contribution is 4.61. The van der Waals surface area contributed by atoms with E-state index in [1.54, 1.807) is 0 Å². The Bertz CT molecular complexity index is 41.0. The van der Waals surface area contributed by atoms with Crippen LogP contribution in [0, 0.1) is 0 Å². The first-order chi connectivity index (χ1) is 3.56. The van der Waals surface area contributed by atoms with Crippen LogP contribution in [-0.2, 0) is 0 Å². The number of rotatable bonds is 0. The van der Waals surface area contributed by atoms with Gasteiger partial charge in [0.25, 0.3) is 0 Å². The molecule has 4 nitrogen and oxygen atoms in total. The van der Waals surface area contributed by atoms with E-state index >= 15 is 0 Å². The molecule has 0 amide bonds. The highest BCUT2D eigenvalue weighted by atomic mass is 16.5. The molecule has 0 rings (SSSR count). The molecule has 0 unspecified atom stereocenters. The molecule has 0 aliphatic rings. The third kappa shape index (κ3) is 17.0. The molecule has 52 valence electrons. The number of hydrogen-bond donors (Lipinski definition) is 4. The lowest BCUT2D eigenvalue weighted by Gasteiger charge is -2.13. The number of nitrogens with one attached hydrogen (secondary N) is 1. The van der Waals surface area contributed by atoms with Crippen LogP contribution >= 0.6 is 0 Å². The summed E-state index contributed by atoms with van der Waals surface area (Å²) in [4.78, 5) is 0. The zero-order valence-electron chi connectivity index (χ0n) is 5.60. The van der Waals surface area contributed by atoms with Crippen molar-refractivity contribution in [3.63, 3.8) is 0 Å². The summed E-state index contributed by atoms with van der Waals surface area (Å²) in [5, 5.41) is 8.15. The molecule has 0 bridgehead atoms. The second kappa shape index (κ2) is 4.99. The average Bonchev–Trinajstić information content (AvgIpc) is 1.71. The molecule has 6 N–H and O–H groups in total. The number of hydrogen-bond acceptors (Lipinski definition) is 4. The molecular weight excluding hydrogens is 106 g/mol. The van der Waals surface area contributed by atoms with Gasteiger partial charge in [-0.05, 0) is 20.8 Å². The van der Waals surface area contributed by atoms with E-state index < -0.39 is 0 Å². The molecule has 0 aromatic rings. The van der Waals surface area contributed by atoms with Crippen molar-refractivity contribution in [2.75, 3.05) is 0 Å². The molecule has 0 aromatic heterocycles. The molecule has 0 spiro atoms. The minimum absolute atomic E-state index is 0.153. The van der Waals surface area contributed by atoms with Crippen LogP contribution in [0.25, 0.3) is 0 Å². The normalized spacial score (nSPS) is 9.75. The SMILES string of the molecule is CC(C)(C)NO.NN. The maximum Gasteiger partial charge on any atom is 0.0345 e. The third-order valence-corrected chi connectivity index (χ3v) is 0.335. The topological polar surface area (TPSA) is 84.3 Å². The summed E-state index contributed by atoms with van der Waals surface area (Å²) in [6, 6.07) is 0. The Balaban J connectivity index is 0. The highest BCUT2D eigenvalue weighted by Gasteiger charge is 2.03. The van der Waals surface area contributed by atoms with E-state index in [1.165, 1.54) is 0 Å². The lowest BCUT2D eigenvalue weighted by molar-refractivity contribution is 0.0918. The summed E-state index contributed by atoms with van der Waals surface area (Å²) >= 11 is 0. The molecule has 0 aliphatic heterocycles. The van der Waals surface area contributed by atoms with E-state index in [0.29, 0.717) is 0 Å². The van der Waals surface area contributed by atoms with E-state index in [4.69, 9.17) is 5.21 Å². The van der Waals surface area contributed by atoms with Gasteiger partial charge < -0.3 is 5.21 Å². The predicted octanol–water partition coefficient (Wildman–Crippen LogP) is -0.417. The lowest BCUT2D eigenvalue weighted by Crippen LogP contribution is -2.32. The predicted molar refractivity (Wildman–Crippen MR) is 33.0 cm³/mol. The molecular formula is C4H15N3O. The van der Waals surface area contributed by atoms with Crippen molar-refractivity contribution in [2.24, 2.45) is 11.7 Å². The van der Waals surface area contributed by atoms with E-state index in [9.17, 15) is 0 Å². The van der Waals surface area contributed by atoms with Crippen molar-refractivity contribution in [2.45, 2.75) is 26.3 Å². The first-order valence-corrected chi connectivity index (χ1v) is 2.31. The van der Waals surface area contributed by atoms with Crippen LogP contribution in [0.4, 0.5) is 0 Å². The van der Waals surface area contributed by atoms with Gasteiger partial charge in [-0.15, -0.1) is 0 Å². The first-order valence-electron chi connectivity index (χ1n) is 2.31. The monoisotopic (exact) mass is 121 g/mol. The molecule has 0 saturated carbocycles. The lowest BCUT2D eigenvalue weighted by atomic mass is 10.1. The fraction of sp³-hybridized carbons (Fsp3) is 1.00. The largest absolute Gasteiger partial charge is 0.316 e. The molecule has 0 saturated heterocycles. The van der Waals surface area contributed by atoms with E-state index in [1.807, 2.05) is 20.8 Å². The van der Waals surface area contributed by atoms with E-state index in [0.717, 1.165) is 0 Å². The quantitative estimate of drug-likeness (QED) is 0.259. The van der Waals surface area contributed by atoms with Crippen LogP contribution in [0.1, 0.15) is 20.8 Å². The Hall–Kier alpha value is -0.160. The molecule has 0 aromatic carbocycles. The van der Waals surface area contributed by atoms with Gasteiger partial charge in [0.1, 0.15) is 0 Å². The van der Waals surface area contributed by atoms with Gasteiger partial charge in [-0.25, -0.2) is 5.48 Å². The molecule has 0 heterocycles. The zero-order chi connectivity index (χ0) is 7.21. The summed E-state index contributed by atoms with van der Waals surface area (Å²) in [6.45, 7) is 5.65. The Morgan fingerprint density at radius 2 is 1.38 bits per heavy atom. The summed E-state index contributed by atoms with van der Waals surface area (Å²) in [6.07, 6.45) is 0. The molecule has 4 heteroatoms. The fourth-order valence-electron chi connectivity index (χ4n) is 0. The minimum Gasteiger partial charge on any atom is -0.316 e. The summed E-state index contributed by atoms with van der Waals surface area (Å²) < 4.78 is 0. The summed E-state index contributed by atoms with van der Waals surface area (Å²) in [5.41, 5.74) is 1.95. The maximum atomic E-state index is 8.15. The summed E-state index contributed by atoms with van der Waals surface area (Å²) in [5.74, 6) is 8.00. The molecule has 0 fully saturated rings. The van der Waals surface area contributed by atoms with Crippen molar-refractivity contribution in [3.8, 4) is 0 Å². The van der Waals surface area contributed by atoms with Crippen molar-refractivity contribution in [3.05, 3.63) is 0 Å². The highest BCUT2D eigenvalue weighted by Crippen LogP contribution is 1.93. The van der Waals surface area contributed by atoms with Gasteiger partial charge in [0.2, 0.25) is 0 Å². The first kappa shape index (κ1) is 10.8. The Labute approximate surface area is 49.8 Å². The molecule has 0 aliphatic carbocycles. The molecule has 0 radical (unpaired) electrons. The average molecular weight is 121 g/mol. The zero-order valence-corrected chi connectivity index (χ0v) is 5.60. The van der Waals surface area contributed by atoms with Crippen LogP contribution in [-0.4, -0.2) is 10.7 Å². The van der Waals surface area contributed by atoms with Crippen molar-refractivity contribution < 1.29 is 5.21 Å². The van der Waals surface area contributed by atoms with Crippen LogP contribution in [0.3, 0.4) is 0 Å². The third-order valence-electron chi connectivity index (χ3n) is 0.335. The van der Waals surface area contributed by atoms with Gasteiger partial charge >= 0.3 is 0 Å². The van der Waals surface area contributed by atoms with Crippen molar-refractivity contribution in [1.82, 2.24) is 5.48 Å². The Kier molecular flexibility index (Phi) is 6.70. The fourth-order valence-corrected chi connectivity index (χ4v) is 0. The van der Waals surface area contributed by atoms with Gasteiger partial charge in [-0.1, -0.05) is 0 Å². The number of nitrogens with two attached hydrogens (primary N) is 2. The van der Waals surface area contributed by atoms with Gasteiger partial charge in [0, 0.05) is 5.54 Å². The Morgan fingerprint density at radius 1 is 1.25 bits per heavy atom. The van der Waals surface area contributed by atoms with Gasteiger partial charge in [0.15, 0.2) is 0 Å². The van der Waals surface area contributed by atoms with Gasteiger partial charge in [-0.3, -0.25) is 11.7 Å². The van der Waals surface area contributed by atoms with E-state index in [2.05, 4.69) is 17.2 Å². The van der Waals surface area contributed by atoms with Gasteiger partial charge in [-0.2, -0.15) is 0 Å². The van der Waals surface area contributed by atoms with Crippen molar-refractivity contribution >= 4 is 0 Å². The van der Waals surface area contributed by atoms with Crippen LogP contribution in [0.15, 0.2) is 0 Å². The van der Waals surface area contributed by atoms with Crippen LogP contribution < -0.4 is 17.2 Å². The van der Waals surface area contributed by atoms with Crippen LogP contribution in [0.2, 0.25) is 0 Å². The maximum absolute atomic E-state index is 8.15. The molecule has 0 atom stereocenters. The second-order valence-corrected chi connectivity index (χ2v) is 2.36. The van der Waals surface area contributed by atoms with Crippen LogP contribution in [0.5, 0.6) is 0 Å². The second-order valence-electron chi connectivity index (χ2n) is 2.36. The van der Waals surface area contributed by atoms with Gasteiger partial charge in [0.05, 0.1) is 0 Å². The van der Waals surface area contributed by atoms with Crippen molar-refractivity contribution in [1.29, 1.82) is 0 Å². The molecule has 8 heavy (non-hydrogen) atoms. The number of hydroxylamine groups is 1. The standard InChI is InChI=1S/C4H11NO.H4N2/c1-4(2,3)5-6;1-2/h5-6H,1-3H3;1-2H2. The Morgan fingerprint density at radius 3 is 1.38 bits per heavy atom. The minimum atomic E-state index is -0.153.